The Morgan fingerprint density at radius 3 is 2.21 bits per heavy atom. The summed E-state index contributed by atoms with van der Waals surface area (Å²) in [6.07, 6.45) is 1.61. The summed E-state index contributed by atoms with van der Waals surface area (Å²) in [5, 5.41) is 0. The van der Waals surface area contributed by atoms with Gasteiger partial charge in [-0.3, -0.25) is 9.79 Å². The molecule has 0 amide bonds. The van der Waals surface area contributed by atoms with Crippen LogP contribution in [0, 0.1) is 0 Å². The molecule has 0 aliphatic carbocycles. The summed E-state index contributed by atoms with van der Waals surface area (Å²) in [5.41, 5.74) is 0.487. The van der Waals surface area contributed by atoms with Crippen LogP contribution in [0.5, 0.6) is 0 Å². The van der Waals surface area contributed by atoms with Crippen LogP contribution in [0.15, 0.2) is 34.2 Å². The van der Waals surface area contributed by atoms with Gasteiger partial charge in [0.15, 0.2) is 6.29 Å². The maximum absolute atomic E-state index is 10.8. The van der Waals surface area contributed by atoms with E-state index in [1.807, 2.05) is 0 Å². The van der Waals surface area contributed by atoms with Crippen molar-refractivity contribution in [2.75, 3.05) is 0 Å². The van der Waals surface area contributed by atoms with Gasteiger partial charge in [-0.1, -0.05) is 0 Å². The zero-order valence-electron chi connectivity index (χ0n) is 6.92. The van der Waals surface area contributed by atoms with E-state index in [-0.39, 0.29) is 4.90 Å². The molecule has 0 spiro atoms. The SMILES string of the molecule is O=CC=Nc1ccc(S(=O)(=O)Cl)cc1. The van der Waals surface area contributed by atoms with Gasteiger partial charge in [-0.2, -0.15) is 0 Å². The number of aldehydes is 1. The van der Waals surface area contributed by atoms with E-state index >= 15 is 0 Å². The summed E-state index contributed by atoms with van der Waals surface area (Å²) >= 11 is 0. The molecular weight excluding hydrogens is 226 g/mol. The van der Waals surface area contributed by atoms with Gasteiger partial charge in [-0.05, 0) is 24.3 Å². The Morgan fingerprint density at radius 1 is 1.21 bits per heavy atom. The molecule has 0 heterocycles. The molecule has 0 atom stereocenters. The van der Waals surface area contributed by atoms with Crippen LogP contribution in [0.3, 0.4) is 0 Å². The standard InChI is InChI=1S/C8H6ClNO3S/c9-14(12,13)8-3-1-7(2-4-8)10-5-6-11/h1-6H. The monoisotopic (exact) mass is 231 g/mol. The number of hydrogen-bond acceptors (Lipinski definition) is 4. The van der Waals surface area contributed by atoms with Crippen molar-refractivity contribution >= 4 is 37.9 Å². The summed E-state index contributed by atoms with van der Waals surface area (Å²) in [7, 11) is 1.40. The van der Waals surface area contributed by atoms with Crippen molar-refractivity contribution in [3.8, 4) is 0 Å². The number of carbonyl (C=O) groups excluding carboxylic acids is 1. The third kappa shape index (κ3) is 2.93. The zero-order valence-corrected chi connectivity index (χ0v) is 8.49. The largest absolute Gasteiger partial charge is 0.297 e. The average molecular weight is 232 g/mol. The number of nitrogens with zero attached hydrogens (tertiary/aromatic N) is 1. The van der Waals surface area contributed by atoms with Crippen molar-refractivity contribution < 1.29 is 13.2 Å². The molecule has 1 aromatic carbocycles. The lowest BCUT2D eigenvalue weighted by Gasteiger charge is -1.95. The molecule has 0 saturated carbocycles. The summed E-state index contributed by atoms with van der Waals surface area (Å²) in [6.45, 7) is 0. The van der Waals surface area contributed by atoms with E-state index in [4.69, 9.17) is 10.7 Å². The van der Waals surface area contributed by atoms with Gasteiger partial charge < -0.3 is 0 Å². The number of halogens is 1. The third-order valence-corrected chi connectivity index (χ3v) is 2.77. The zero-order chi connectivity index (χ0) is 10.6. The molecule has 74 valence electrons. The molecule has 1 aromatic rings. The van der Waals surface area contributed by atoms with Gasteiger partial charge in [-0.15, -0.1) is 0 Å². The Kier molecular flexibility index (Phi) is 3.38. The highest BCUT2D eigenvalue weighted by Crippen LogP contribution is 2.18. The van der Waals surface area contributed by atoms with Crippen LogP contribution in [0.25, 0.3) is 0 Å². The Morgan fingerprint density at radius 2 is 1.79 bits per heavy atom. The predicted octanol–water partition coefficient (Wildman–Crippen LogP) is 1.52. The molecule has 0 aliphatic rings. The first-order valence-electron chi connectivity index (χ1n) is 3.56. The number of carbonyl (C=O) groups is 1. The summed E-state index contributed by atoms with van der Waals surface area (Å²) in [5.74, 6) is 0. The fourth-order valence-electron chi connectivity index (χ4n) is 0.811. The first-order valence-corrected chi connectivity index (χ1v) is 5.87. The number of hydrogen-bond donors (Lipinski definition) is 0. The molecule has 14 heavy (non-hydrogen) atoms. The van der Waals surface area contributed by atoms with E-state index < -0.39 is 9.05 Å². The van der Waals surface area contributed by atoms with Crippen molar-refractivity contribution in [1.82, 2.24) is 0 Å². The molecule has 0 aliphatic heterocycles. The number of aliphatic imine (C=N–C) groups is 1. The van der Waals surface area contributed by atoms with Crippen LogP contribution in [0.4, 0.5) is 5.69 Å². The lowest BCUT2D eigenvalue weighted by molar-refractivity contribution is -0.102. The minimum Gasteiger partial charge on any atom is -0.297 e. The van der Waals surface area contributed by atoms with E-state index in [1.165, 1.54) is 24.3 Å². The van der Waals surface area contributed by atoms with Crippen LogP contribution in [0.1, 0.15) is 0 Å². The highest BCUT2D eigenvalue weighted by atomic mass is 35.7. The lowest BCUT2D eigenvalue weighted by atomic mass is 10.3. The second-order valence-corrected chi connectivity index (χ2v) is 4.91. The highest BCUT2D eigenvalue weighted by Gasteiger charge is 2.08. The van der Waals surface area contributed by atoms with Crippen molar-refractivity contribution in [3.63, 3.8) is 0 Å². The van der Waals surface area contributed by atoms with Gasteiger partial charge in [-0.25, -0.2) is 8.42 Å². The molecule has 0 fully saturated rings. The average Bonchev–Trinajstić information content (AvgIpc) is 2.14. The van der Waals surface area contributed by atoms with Gasteiger partial charge in [0.25, 0.3) is 9.05 Å². The van der Waals surface area contributed by atoms with Crippen LogP contribution in [-0.4, -0.2) is 20.9 Å². The molecular formula is C8H6ClNO3S. The molecule has 0 aromatic heterocycles. The van der Waals surface area contributed by atoms with E-state index in [1.54, 1.807) is 0 Å². The Balaban J connectivity index is 3.01. The highest BCUT2D eigenvalue weighted by molar-refractivity contribution is 8.13. The van der Waals surface area contributed by atoms with E-state index in [9.17, 15) is 13.2 Å². The Hall–Kier alpha value is -1.20. The summed E-state index contributed by atoms with van der Waals surface area (Å²) in [6, 6.07) is 5.55. The van der Waals surface area contributed by atoms with Gasteiger partial charge in [0, 0.05) is 10.7 Å². The first-order chi connectivity index (χ1) is 6.54. The molecule has 0 radical (unpaired) electrons. The number of benzene rings is 1. The topological polar surface area (TPSA) is 63.6 Å². The van der Waals surface area contributed by atoms with Gasteiger partial charge in [0.1, 0.15) is 0 Å². The Bertz CT molecular complexity index is 450. The molecule has 4 nitrogen and oxygen atoms in total. The van der Waals surface area contributed by atoms with Gasteiger partial charge in [0.05, 0.1) is 16.8 Å². The van der Waals surface area contributed by atoms with E-state index in [0.717, 1.165) is 6.21 Å². The first kappa shape index (κ1) is 10.9. The minimum absolute atomic E-state index is 0.00391. The van der Waals surface area contributed by atoms with Crippen LogP contribution < -0.4 is 0 Å². The van der Waals surface area contributed by atoms with Crippen LogP contribution in [-0.2, 0) is 13.8 Å². The predicted molar refractivity (Wildman–Crippen MR) is 53.7 cm³/mol. The normalized spacial score (nSPS) is 11.8. The second-order valence-electron chi connectivity index (χ2n) is 2.35. The van der Waals surface area contributed by atoms with Crippen molar-refractivity contribution in [1.29, 1.82) is 0 Å². The van der Waals surface area contributed by atoms with Gasteiger partial charge >= 0.3 is 0 Å². The molecule has 0 N–H and O–H groups in total. The van der Waals surface area contributed by atoms with Crippen LogP contribution >= 0.6 is 10.7 Å². The van der Waals surface area contributed by atoms with Gasteiger partial charge in [0.2, 0.25) is 0 Å². The Labute approximate surface area is 85.7 Å². The summed E-state index contributed by atoms with van der Waals surface area (Å²) in [4.78, 5) is 13.7. The maximum Gasteiger partial charge on any atom is 0.261 e. The molecule has 0 unspecified atom stereocenters. The molecule has 0 saturated heterocycles. The number of rotatable bonds is 3. The van der Waals surface area contributed by atoms with Crippen molar-refractivity contribution in [2.45, 2.75) is 4.90 Å². The van der Waals surface area contributed by atoms with E-state index in [0.29, 0.717) is 12.0 Å². The lowest BCUT2D eigenvalue weighted by Crippen LogP contribution is -1.88. The summed E-state index contributed by atoms with van der Waals surface area (Å²) < 4.78 is 21.7. The van der Waals surface area contributed by atoms with E-state index in [2.05, 4.69) is 4.99 Å². The molecule has 1 rings (SSSR count). The molecule has 6 heteroatoms. The molecule has 0 bridgehead atoms. The minimum atomic E-state index is -3.69. The van der Waals surface area contributed by atoms with Crippen molar-refractivity contribution in [3.05, 3.63) is 24.3 Å². The third-order valence-electron chi connectivity index (χ3n) is 1.40. The fraction of sp³-hybridized carbons (Fsp3) is 0. The maximum atomic E-state index is 10.8. The van der Waals surface area contributed by atoms with Crippen molar-refractivity contribution in [2.24, 2.45) is 4.99 Å². The van der Waals surface area contributed by atoms with Crippen LogP contribution in [0.2, 0.25) is 0 Å². The quantitative estimate of drug-likeness (QED) is 0.450. The fourth-order valence-corrected chi connectivity index (χ4v) is 1.58. The smallest absolute Gasteiger partial charge is 0.261 e. The second kappa shape index (κ2) is 4.34.